The third-order valence-corrected chi connectivity index (χ3v) is 7.71. The van der Waals surface area contributed by atoms with Crippen LogP contribution in [-0.4, -0.2) is 60.3 Å². The first-order valence-electron chi connectivity index (χ1n) is 8.71. The Hall–Kier alpha value is -1.16. The highest BCUT2D eigenvalue weighted by atomic mass is 35.5. The van der Waals surface area contributed by atoms with E-state index in [2.05, 4.69) is 33.9 Å². The van der Waals surface area contributed by atoms with Gasteiger partial charge in [-0.3, -0.25) is 4.90 Å². The third kappa shape index (κ3) is 5.22. The van der Waals surface area contributed by atoms with Crippen molar-refractivity contribution in [1.29, 1.82) is 0 Å². The number of benzene rings is 1. The van der Waals surface area contributed by atoms with Gasteiger partial charge in [-0.05, 0) is 29.8 Å². The van der Waals surface area contributed by atoms with E-state index in [4.69, 9.17) is 16.3 Å². The lowest BCUT2D eigenvalue weighted by atomic mass is 10.0. The normalized spacial score (nSPS) is 17.0. The molecule has 0 unspecified atom stereocenters. The first-order chi connectivity index (χ1) is 12.9. The van der Waals surface area contributed by atoms with Crippen LogP contribution in [0.15, 0.2) is 40.6 Å². The highest BCUT2D eigenvalue weighted by molar-refractivity contribution is 7.91. The van der Waals surface area contributed by atoms with Gasteiger partial charge in [-0.2, -0.15) is 0 Å². The standard InChI is InChI=1S/C18H24ClN3O3S2/c1-21(2)15-5-3-14(4-6-15)16(22-9-11-25-12-10-22)13-20-27(23,24)18-8-7-17(19)26-18/h3-8,16,20H,9-13H2,1-2H3/t16-/m1/s1. The maximum absolute atomic E-state index is 12.6. The molecule has 2 aromatic rings. The number of hydrogen-bond donors (Lipinski definition) is 1. The number of nitrogens with one attached hydrogen (secondary N) is 1. The first-order valence-corrected chi connectivity index (χ1v) is 11.4. The fraction of sp³-hybridized carbons (Fsp3) is 0.444. The number of sulfonamides is 1. The van der Waals surface area contributed by atoms with E-state index in [0.29, 0.717) is 24.1 Å². The van der Waals surface area contributed by atoms with Gasteiger partial charge in [-0.1, -0.05) is 23.7 Å². The lowest BCUT2D eigenvalue weighted by molar-refractivity contribution is 0.0172. The summed E-state index contributed by atoms with van der Waals surface area (Å²) >= 11 is 6.95. The van der Waals surface area contributed by atoms with Gasteiger partial charge in [0, 0.05) is 45.5 Å². The molecular weight excluding hydrogens is 406 g/mol. The fourth-order valence-electron chi connectivity index (χ4n) is 3.04. The van der Waals surface area contributed by atoms with Crippen LogP contribution in [0.2, 0.25) is 4.34 Å². The lowest BCUT2D eigenvalue weighted by Crippen LogP contribution is -2.43. The summed E-state index contributed by atoms with van der Waals surface area (Å²) in [6.07, 6.45) is 0. The Morgan fingerprint density at radius 1 is 1.19 bits per heavy atom. The molecule has 1 fully saturated rings. The van der Waals surface area contributed by atoms with Gasteiger partial charge in [0.2, 0.25) is 10.0 Å². The zero-order chi connectivity index (χ0) is 19.4. The van der Waals surface area contributed by atoms with Crippen molar-refractivity contribution in [1.82, 2.24) is 9.62 Å². The second-order valence-electron chi connectivity index (χ2n) is 6.56. The maximum atomic E-state index is 12.6. The second-order valence-corrected chi connectivity index (χ2v) is 10.3. The van der Waals surface area contributed by atoms with E-state index in [1.54, 1.807) is 6.07 Å². The van der Waals surface area contributed by atoms with Crippen molar-refractivity contribution in [3.8, 4) is 0 Å². The number of halogens is 1. The summed E-state index contributed by atoms with van der Waals surface area (Å²) in [6.45, 7) is 3.14. The Balaban J connectivity index is 1.79. The predicted octanol–water partition coefficient (Wildman–Crippen LogP) is 2.82. The molecule has 1 aromatic carbocycles. The van der Waals surface area contributed by atoms with Gasteiger partial charge in [-0.25, -0.2) is 13.1 Å². The molecule has 0 aliphatic carbocycles. The number of thiophene rings is 1. The molecule has 9 heteroatoms. The molecule has 148 valence electrons. The van der Waals surface area contributed by atoms with Crippen molar-refractivity contribution >= 4 is 38.6 Å². The van der Waals surface area contributed by atoms with E-state index in [1.165, 1.54) is 6.07 Å². The quantitative estimate of drug-likeness (QED) is 0.733. The Bertz CT molecular complexity index is 847. The summed E-state index contributed by atoms with van der Waals surface area (Å²) in [6, 6.07) is 11.3. The molecule has 6 nitrogen and oxygen atoms in total. The predicted molar refractivity (Wildman–Crippen MR) is 110 cm³/mol. The van der Waals surface area contributed by atoms with Gasteiger partial charge in [0.1, 0.15) is 4.21 Å². The highest BCUT2D eigenvalue weighted by Gasteiger charge is 2.25. The van der Waals surface area contributed by atoms with Crippen molar-refractivity contribution in [2.75, 3.05) is 51.8 Å². The van der Waals surface area contributed by atoms with Crippen molar-refractivity contribution in [3.63, 3.8) is 0 Å². The van der Waals surface area contributed by atoms with Crippen LogP contribution in [0.5, 0.6) is 0 Å². The summed E-state index contributed by atoms with van der Waals surface area (Å²) in [5.41, 5.74) is 2.18. The molecule has 1 saturated heterocycles. The summed E-state index contributed by atoms with van der Waals surface area (Å²) in [5, 5.41) is 0. The summed E-state index contributed by atoms with van der Waals surface area (Å²) in [7, 11) is 0.405. The molecule has 1 aliphatic heterocycles. The molecule has 3 rings (SSSR count). The van der Waals surface area contributed by atoms with E-state index in [-0.39, 0.29) is 10.3 Å². The Kier molecular flexibility index (Phi) is 6.78. The molecule has 1 atom stereocenters. The van der Waals surface area contributed by atoms with Crippen LogP contribution < -0.4 is 9.62 Å². The number of ether oxygens (including phenoxy) is 1. The average molecular weight is 430 g/mol. The van der Waals surface area contributed by atoms with E-state index >= 15 is 0 Å². The topological polar surface area (TPSA) is 61.9 Å². The molecule has 0 bridgehead atoms. The monoisotopic (exact) mass is 429 g/mol. The average Bonchev–Trinajstić information content (AvgIpc) is 3.10. The molecular formula is C18H24ClN3O3S2. The first kappa shape index (κ1) is 20.6. The highest BCUT2D eigenvalue weighted by Crippen LogP contribution is 2.27. The minimum absolute atomic E-state index is 0.0599. The van der Waals surface area contributed by atoms with E-state index < -0.39 is 10.0 Å². The zero-order valence-corrected chi connectivity index (χ0v) is 17.8. The second kappa shape index (κ2) is 8.89. The van der Waals surface area contributed by atoms with Gasteiger partial charge < -0.3 is 9.64 Å². The molecule has 2 heterocycles. The summed E-state index contributed by atoms with van der Waals surface area (Å²) in [4.78, 5) is 4.30. The Morgan fingerprint density at radius 2 is 1.85 bits per heavy atom. The largest absolute Gasteiger partial charge is 0.379 e. The molecule has 0 saturated carbocycles. The van der Waals surface area contributed by atoms with E-state index in [0.717, 1.165) is 35.7 Å². The smallest absolute Gasteiger partial charge is 0.250 e. The minimum Gasteiger partial charge on any atom is -0.379 e. The van der Waals surface area contributed by atoms with Crippen molar-refractivity contribution in [2.24, 2.45) is 0 Å². The SMILES string of the molecule is CN(C)c1ccc([C@@H](CNS(=O)(=O)c2ccc(Cl)s2)N2CCOCC2)cc1. The van der Waals surface area contributed by atoms with Gasteiger partial charge in [0.25, 0.3) is 0 Å². The molecule has 0 spiro atoms. The number of hydrogen-bond acceptors (Lipinski definition) is 6. The molecule has 1 aromatic heterocycles. The van der Waals surface area contributed by atoms with Crippen LogP contribution in [0.3, 0.4) is 0 Å². The van der Waals surface area contributed by atoms with Crippen molar-refractivity contribution in [3.05, 3.63) is 46.3 Å². The van der Waals surface area contributed by atoms with Crippen molar-refractivity contribution in [2.45, 2.75) is 10.3 Å². The van der Waals surface area contributed by atoms with Gasteiger partial charge in [0.15, 0.2) is 0 Å². The van der Waals surface area contributed by atoms with Gasteiger partial charge >= 0.3 is 0 Å². The number of nitrogens with zero attached hydrogens (tertiary/aromatic N) is 2. The van der Waals surface area contributed by atoms with Gasteiger partial charge in [0.05, 0.1) is 17.6 Å². The summed E-state index contributed by atoms with van der Waals surface area (Å²) in [5.74, 6) is 0. The van der Waals surface area contributed by atoms with Crippen LogP contribution in [0.25, 0.3) is 0 Å². The van der Waals surface area contributed by atoms with Crippen LogP contribution in [-0.2, 0) is 14.8 Å². The van der Waals surface area contributed by atoms with Crippen LogP contribution in [0.4, 0.5) is 5.69 Å². The molecule has 0 amide bonds. The summed E-state index contributed by atoms with van der Waals surface area (Å²) < 4.78 is 34.1. The van der Waals surface area contributed by atoms with Crippen LogP contribution in [0.1, 0.15) is 11.6 Å². The number of anilines is 1. The number of morpholine rings is 1. The molecule has 27 heavy (non-hydrogen) atoms. The maximum Gasteiger partial charge on any atom is 0.250 e. The Labute approximate surface area is 169 Å². The Morgan fingerprint density at radius 3 is 2.41 bits per heavy atom. The third-order valence-electron chi connectivity index (χ3n) is 4.56. The molecule has 1 N–H and O–H groups in total. The fourth-order valence-corrected chi connectivity index (χ4v) is 5.61. The molecule has 0 radical (unpaired) electrons. The van der Waals surface area contributed by atoms with Gasteiger partial charge in [-0.15, -0.1) is 11.3 Å². The molecule has 1 aliphatic rings. The lowest BCUT2D eigenvalue weighted by Gasteiger charge is -2.35. The number of rotatable bonds is 7. The van der Waals surface area contributed by atoms with E-state index in [1.807, 2.05) is 19.0 Å². The van der Waals surface area contributed by atoms with Crippen LogP contribution >= 0.6 is 22.9 Å². The minimum atomic E-state index is -3.58. The zero-order valence-electron chi connectivity index (χ0n) is 15.4. The van der Waals surface area contributed by atoms with Crippen molar-refractivity contribution < 1.29 is 13.2 Å². The van der Waals surface area contributed by atoms with Crippen LogP contribution in [0, 0.1) is 0 Å². The van der Waals surface area contributed by atoms with E-state index in [9.17, 15) is 8.42 Å².